The van der Waals surface area contributed by atoms with Crippen LogP contribution in [0.2, 0.25) is 0 Å². The van der Waals surface area contributed by atoms with E-state index in [1.807, 2.05) is 30.3 Å². The predicted octanol–water partition coefficient (Wildman–Crippen LogP) is 5.15. The van der Waals surface area contributed by atoms with Gasteiger partial charge in [0.05, 0.1) is 24.4 Å². The molecule has 1 atom stereocenters. The number of hydrogen-bond acceptors (Lipinski definition) is 9. The first-order valence-electron chi connectivity index (χ1n) is 12.2. The van der Waals surface area contributed by atoms with Crippen LogP contribution in [0.1, 0.15) is 38.1 Å². The maximum Gasteiger partial charge on any atom is 0.350 e. The second-order valence-corrected chi connectivity index (χ2v) is 9.94. The molecule has 202 valence electrons. The number of amides is 1. The summed E-state index contributed by atoms with van der Waals surface area (Å²) in [4.78, 5) is 44.6. The summed E-state index contributed by atoms with van der Waals surface area (Å²) in [6.45, 7) is 1.96. The first-order valence-corrected chi connectivity index (χ1v) is 13.0. The number of methoxy groups -OCH3 is 1. The van der Waals surface area contributed by atoms with Gasteiger partial charge in [-0.3, -0.25) is 14.5 Å². The van der Waals surface area contributed by atoms with E-state index in [2.05, 4.69) is 4.98 Å². The van der Waals surface area contributed by atoms with Crippen LogP contribution in [-0.4, -0.2) is 40.0 Å². The Morgan fingerprint density at radius 1 is 1.00 bits per heavy atom. The molecule has 10 heteroatoms. The lowest BCUT2D eigenvalue weighted by Crippen LogP contribution is -2.29. The zero-order valence-electron chi connectivity index (χ0n) is 21.5. The van der Waals surface area contributed by atoms with E-state index in [9.17, 15) is 24.6 Å². The van der Waals surface area contributed by atoms with Gasteiger partial charge in [0.25, 0.3) is 5.78 Å². The van der Waals surface area contributed by atoms with Crippen LogP contribution in [0.3, 0.4) is 0 Å². The van der Waals surface area contributed by atoms with Crippen LogP contribution in [0.5, 0.6) is 11.5 Å². The Balaban J connectivity index is 1.54. The van der Waals surface area contributed by atoms with Crippen LogP contribution in [0.25, 0.3) is 5.76 Å². The lowest BCUT2D eigenvalue weighted by molar-refractivity contribution is -0.132. The van der Waals surface area contributed by atoms with Gasteiger partial charge in [-0.1, -0.05) is 53.8 Å². The van der Waals surface area contributed by atoms with E-state index in [0.29, 0.717) is 29.2 Å². The Morgan fingerprint density at radius 2 is 1.68 bits per heavy atom. The minimum Gasteiger partial charge on any atom is -0.508 e. The van der Waals surface area contributed by atoms with Crippen molar-refractivity contribution in [1.82, 2.24) is 4.98 Å². The molecule has 9 nitrogen and oxygen atoms in total. The van der Waals surface area contributed by atoms with E-state index < -0.39 is 23.7 Å². The topological polar surface area (TPSA) is 126 Å². The molecular weight excluding hydrogens is 532 g/mol. The number of thiazole rings is 1. The normalized spacial score (nSPS) is 16.2. The third-order valence-electron chi connectivity index (χ3n) is 6.39. The number of rotatable bonds is 7. The van der Waals surface area contributed by atoms with Crippen molar-refractivity contribution in [3.63, 3.8) is 0 Å². The van der Waals surface area contributed by atoms with Gasteiger partial charge in [0, 0.05) is 5.56 Å². The lowest BCUT2D eigenvalue weighted by atomic mass is 9.95. The van der Waals surface area contributed by atoms with Crippen LogP contribution in [-0.2, 0) is 20.9 Å². The summed E-state index contributed by atoms with van der Waals surface area (Å²) in [5.74, 6) is -2.27. The predicted molar refractivity (Wildman–Crippen MR) is 148 cm³/mol. The molecule has 2 N–H and O–H groups in total. The first-order chi connectivity index (χ1) is 19.3. The maximum atomic E-state index is 13.4. The number of hydrogen-bond donors (Lipinski definition) is 2. The highest BCUT2D eigenvalue weighted by Gasteiger charge is 2.48. The number of phenolic OH excluding ortho intramolecular Hbond substituents is 1. The lowest BCUT2D eigenvalue weighted by Gasteiger charge is -2.23. The summed E-state index contributed by atoms with van der Waals surface area (Å²) in [5, 5.41) is 21.3. The quantitative estimate of drug-likeness (QED) is 0.139. The fourth-order valence-electron chi connectivity index (χ4n) is 4.37. The van der Waals surface area contributed by atoms with Gasteiger partial charge in [0.1, 0.15) is 28.7 Å². The van der Waals surface area contributed by atoms with Crippen LogP contribution >= 0.6 is 11.3 Å². The fraction of sp³-hybridized carbons (Fsp3) is 0.133. The highest BCUT2D eigenvalue weighted by Crippen LogP contribution is 2.44. The number of aryl methyl sites for hydroxylation is 1. The molecule has 0 spiro atoms. The van der Waals surface area contributed by atoms with E-state index in [1.54, 1.807) is 43.3 Å². The van der Waals surface area contributed by atoms with Crippen molar-refractivity contribution in [3.8, 4) is 11.5 Å². The molecule has 3 aromatic carbocycles. The molecule has 1 aromatic heterocycles. The van der Waals surface area contributed by atoms with Crippen molar-refractivity contribution >= 4 is 39.9 Å². The van der Waals surface area contributed by atoms with E-state index in [0.717, 1.165) is 21.8 Å². The minimum absolute atomic E-state index is 0.00939. The van der Waals surface area contributed by atoms with Gasteiger partial charge in [0.2, 0.25) is 0 Å². The van der Waals surface area contributed by atoms with Crippen LogP contribution in [0.15, 0.2) is 84.4 Å². The molecule has 1 amide bonds. The second kappa shape index (κ2) is 11.0. The van der Waals surface area contributed by atoms with Crippen molar-refractivity contribution in [1.29, 1.82) is 0 Å². The molecule has 5 rings (SSSR count). The molecule has 1 fully saturated rings. The second-order valence-electron chi connectivity index (χ2n) is 8.96. The Morgan fingerprint density at radius 3 is 2.33 bits per heavy atom. The zero-order chi connectivity index (χ0) is 28.4. The third kappa shape index (κ3) is 5.04. The molecule has 2 heterocycles. The van der Waals surface area contributed by atoms with Gasteiger partial charge in [-0.25, -0.2) is 9.78 Å². The number of carbonyl (C=O) groups is 3. The Hall–Kier alpha value is -4.96. The summed E-state index contributed by atoms with van der Waals surface area (Å²) in [6, 6.07) is 21.0. The number of esters is 1. The number of anilines is 1. The highest BCUT2D eigenvalue weighted by atomic mass is 32.1. The molecule has 1 aliphatic heterocycles. The molecule has 0 radical (unpaired) electrons. The highest BCUT2D eigenvalue weighted by molar-refractivity contribution is 7.17. The molecular formula is C30H24N2O7S. The van der Waals surface area contributed by atoms with Gasteiger partial charge in [0.15, 0.2) is 5.13 Å². The molecule has 40 heavy (non-hydrogen) atoms. The minimum atomic E-state index is -1.06. The standard InChI is InChI=1S/C30H24N2O7S/c1-17-27(29(37)38-2)40-30(31-17)32-24(19-8-12-21(33)13-9-19)23(26(35)28(32)36)25(34)20-10-14-22(15-11-20)39-16-18-6-4-3-5-7-18/h3-15,24,33-34H,16H2,1-2H3/b25-23+. The van der Waals surface area contributed by atoms with E-state index >= 15 is 0 Å². The molecule has 1 unspecified atom stereocenters. The maximum absolute atomic E-state index is 13.4. The summed E-state index contributed by atoms with van der Waals surface area (Å²) < 4.78 is 10.6. The van der Waals surface area contributed by atoms with Crippen molar-refractivity contribution in [2.45, 2.75) is 19.6 Å². The van der Waals surface area contributed by atoms with Gasteiger partial charge < -0.3 is 19.7 Å². The number of aromatic nitrogens is 1. The van der Waals surface area contributed by atoms with Crippen molar-refractivity contribution < 1.29 is 34.1 Å². The fourth-order valence-corrected chi connectivity index (χ4v) is 5.39. The number of phenols is 1. The number of Topliss-reactive ketones (excluding diaryl/α,β-unsaturated/α-hetero) is 1. The van der Waals surface area contributed by atoms with Crippen molar-refractivity contribution in [3.05, 3.63) is 112 Å². The number of nitrogens with zero attached hydrogens (tertiary/aromatic N) is 2. The number of carbonyl (C=O) groups excluding carboxylic acids is 3. The van der Waals surface area contributed by atoms with Gasteiger partial charge in [-0.05, 0) is 54.4 Å². The smallest absolute Gasteiger partial charge is 0.350 e. The summed E-state index contributed by atoms with van der Waals surface area (Å²) >= 11 is 0.909. The molecule has 0 saturated carbocycles. The molecule has 1 aliphatic rings. The van der Waals surface area contributed by atoms with E-state index in [1.165, 1.54) is 19.2 Å². The molecule has 0 bridgehead atoms. The summed E-state index contributed by atoms with van der Waals surface area (Å²) in [6.07, 6.45) is 0. The number of benzene rings is 3. The van der Waals surface area contributed by atoms with Crippen LogP contribution in [0, 0.1) is 6.92 Å². The molecule has 1 saturated heterocycles. The number of aromatic hydroxyl groups is 1. The number of ketones is 1. The molecule has 0 aliphatic carbocycles. The number of aliphatic hydroxyl groups excluding tert-OH is 1. The molecule has 4 aromatic rings. The van der Waals surface area contributed by atoms with Gasteiger partial charge in [-0.15, -0.1) is 0 Å². The monoisotopic (exact) mass is 556 g/mol. The Bertz CT molecular complexity index is 1610. The number of ether oxygens (including phenoxy) is 2. The van der Waals surface area contributed by atoms with Crippen LogP contribution < -0.4 is 9.64 Å². The van der Waals surface area contributed by atoms with Crippen molar-refractivity contribution in [2.24, 2.45) is 0 Å². The van der Waals surface area contributed by atoms with E-state index in [-0.39, 0.29) is 27.1 Å². The Labute approximate surface area is 233 Å². The average molecular weight is 557 g/mol. The average Bonchev–Trinajstić information content (AvgIpc) is 3.48. The van der Waals surface area contributed by atoms with Gasteiger partial charge >= 0.3 is 11.9 Å². The largest absolute Gasteiger partial charge is 0.508 e. The SMILES string of the molecule is COC(=O)c1sc(N2C(=O)C(=O)/C(=C(/O)c3ccc(OCc4ccccc4)cc3)C2c2ccc(O)cc2)nc1C. The third-order valence-corrected chi connectivity index (χ3v) is 7.53. The van der Waals surface area contributed by atoms with E-state index in [4.69, 9.17) is 9.47 Å². The zero-order valence-corrected chi connectivity index (χ0v) is 22.3. The summed E-state index contributed by atoms with van der Waals surface area (Å²) in [7, 11) is 1.24. The number of aliphatic hydroxyl groups is 1. The summed E-state index contributed by atoms with van der Waals surface area (Å²) in [5.41, 5.74) is 1.94. The first kappa shape index (κ1) is 26.6. The van der Waals surface area contributed by atoms with Crippen molar-refractivity contribution in [2.75, 3.05) is 12.0 Å². The van der Waals surface area contributed by atoms with Gasteiger partial charge in [-0.2, -0.15) is 0 Å². The Kier molecular flexibility index (Phi) is 7.35. The van der Waals surface area contributed by atoms with Crippen LogP contribution in [0.4, 0.5) is 5.13 Å².